The Balaban J connectivity index is 1.88. The number of likely N-dealkylation sites (tertiary alicyclic amines) is 1. The van der Waals surface area contributed by atoms with E-state index in [0.717, 1.165) is 37.4 Å². The average Bonchev–Trinajstić information content (AvgIpc) is 2.47. The molecular weight excluding hydrogens is 242 g/mol. The van der Waals surface area contributed by atoms with Crippen molar-refractivity contribution in [1.29, 1.82) is 0 Å². The predicted molar refractivity (Wildman–Crippen MR) is 73.4 cm³/mol. The smallest absolute Gasteiger partial charge is 0.245 e. The van der Waals surface area contributed by atoms with E-state index in [-0.39, 0.29) is 12.0 Å². The maximum absolute atomic E-state index is 11.5. The van der Waals surface area contributed by atoms with E-state index in [9.17, 15) is 4.79 Å². The molecule has 1 aromatic carbocycles. The molecule has 0 aliphatic carbocycles. The normalized spacial score (nSPS) is 15.9. The number of hydrogen-bond donors (Lipinski definition) is 0. The van der Waals surface area contributed by atoms with Gasteiger partial charge in [-0.3, -0.25) is 4.79 Å². The van der Waals surface area contributed by atoms with Crippen LogP contribution in [-0.2, 0) is 4.79 Å². The summed E-state index contributed by atoms with van der Waals surface area (Å²) in [7, 11) is 1.64. The molecule has 1 aromatic rings. The molecule has 2 rings (SSSR count). The highest BCUT2D eigenvalue weighted by molar-refractivity contribution is 5.87. The third-order valence-electron chi connectivity index (χ3n) is 3.27. The summed E-state index contributed by atoms with van der Waals surface area (Å²) >= 11 is 0. The summed E-state index contributed by atoms with van der Waals surface area (Å²) < 4.78 is 11.1. The van der Waals surface area contributed by atoms with Gasteiger partial charge < -0.3 is 14.4 Å². The predicted octanol–water partition coefficient (Wildman–Crippen LogP) is 2.25. The SMILES string of the molecule is C=CC(=O)N1CCC(Oc2cccc(OC)c2)CC1. The summed E-state index contributed by atoms with van der Waals surface area (Å²) in [6.07, 6.45) is 3.21. The third kappa shape index (κ3) is 3.50. The lowest BCUT2D eigenvalue weighted by Gasteiger charge is -2.31. The number of carbonyl (C=O) groups excluding carboxylic acids is 1. The summed E-state index contributed by atoms with van der Waals surface area (Å²) in [6, 6.07) is 7.59. The summed E-state index contributed by atoms with van der Waals surface area (Å²) in [5, 5.41) is 0. The first-order chi connectivity index (χ1) is 9.22. The minimum Gasteiger partial charge on any atom is -0.497 e. The lowest BCUT2D eigenvalue weighted by Crippen LogP contribution is -2.41. The van der Waals surface area contributed by atoms with E-state index >= 15 is 0 Å². The first-order valence-electron chi connectivity index (χ1n) is 6.45. The molecule has 1 amide bonds. The number of rotatable bonds is 4. The number of amides is 1. The fourth-order valence-electron chi connectivity index (χ4n) is 2.19. The lowest BCUT2D eigenvalue weighted by atomic mass is 10.1. The van der Waals surface area contributed by atoms with Crippen molar-refractivity contribution in [2.24, 2.45) is 0 Å². The van der Waals surface area contributed by atoms with E-state index in [1.807, 2.05) is 24.3 Å². The Labute approximate surface area is 113 Å². The zero-order valence-electron chi connectivity index (χ0n) is 11.2. The van der Waals surface area contributed by atoms with Crippen LogP contribution in [0.2, 0.25) is 0 Å². The largest absolute Gasteiger partial charge is 0.497 e. The molecule has 0 bridgehead atoms. The molecule has 4 heteroatoms. The molecule has 19 heavy (non-hydrogen) atoms. The van der Waals surface area contributed by atoms with Crippen LogP contribution >= 0.6 is 0 Å². The molecule has 0 aromatic heterocycles. The quantitative estimate of drug-likeness (QED) is 0.780. The number of benzene rings is 1. The Morgan fingerprint density at radius 2 is 2.05 bits per heavy atom. The van der Waals surface area contributed by atoms with Crippen LogP contribution < -0.4 is 9.47 Å². The van der Waals surface area contributed by atoms with Gasteiger partial charge in [-0.2, -0.15) is 0 Å². The first-order valence-corrected chi connectivity index (χ1v) is 6.45. The van der Waals surface area contributed by atoms with E-state index in [0.29, 0.717) is 0 Å². The van der Waals surface area contributed by atoms with Gasteiger partial charge >= 0.3 is 0 Å². The number of piperidine rings is 1. The highest BCUT2D eigenvalue weighted by atomic mass is 16.5. The molecule has 1 fully saturated rings. The number of ether oxygens (including phenoxy) is 2. The van der Waals surface area contributed by atoms with E-state index in [1.54, 1.807) is 12.0 Å². The van der Waals surface area contributed by atoms with Crippen molar-refractivity contribution in [1.82, 2.24) is 4.90 Å². The van der Waals surface area contributed by atoms with Gasteiger partial charge in [-0.05, 0) is 18.2 Å². The second-order valence-electron chi connectivity index (χ2n) is 4.53. The highest BCUT2D eigenvalue weighted by Crippen LogP contribution is 2.23. The molecular formula is C15H19NO3. The zero-order chi connectivity index (χ0) is 13.7. The monoisotopic (exact) mass is 261 g/mol. The van der Waals surface area contributed by atoms with Crippen LogP contribution in [0.3, 0.4) is 0 Å². The molecule has 0 spiro atoms. The minimum absolute atomic E-state index is 0.000157. The van der Waals surface area contributed by atoms with Gasteiger partial charge in [0.25, 0.3) is 0 Å². The summed E-state index contributed by atoms with van der Waals surface area (Å²) in [5.41, 5.74) is 0. The second-order valence-corrected chi connectivity index (χ2v) is 4.53. The first kappa shape index (κ1) is 13.5. The summed E-state index contributed by atoms with van der Waals surface area (Å²) in [4.78, 5) is 13.3. The van der Waals surface area contributed by atoms with Crippen molar-refractivity contribution in [2.45, 2.75) is 18.9 Å². The molecule has 0 N–H and O–H groups in total. The van der Waals surface area contributed by atoms with Crippen LogP contribution in [0, 0.1) is 0 Å². The van der Waals surface area contributed by atoms with Crippen molar-refractivity contribution in [3.8, 4) is 11.5 Å². The van der Waals surface area contributed by atoms with Crippen molar-refractivity contribution in [3.05, 3.63) is 36.9 Å². The fourth-order valence-corrected chi connectivity index (χ4v) is 2.19. The van der Waals surface area contributed by atoms with Crippen LogP contribution in [0.1, 0.15) is 12.8 Å². The van der Waals surface area contributed by atoms with Crippen LogP contribution in [0.5, 0.6) is 11.5 Å². The fraction of sp³-hybridized carbons (Fsp3) is 0.400. The number of nitrogens with zero attached hydrogens (tertiary/aromatic N) is 1. The molecule has 1 heterocycles. The van der Waals surface area contributed by atoms with Gasteiger partial charge in [0.2, 0.25) is 5.91 Å². The van der Waals surface area contributed by atoms with Gasteiger partial charge in [0.15, 0.2) is 0 Å². The van der Waals surface area contributed by atoms with Gasteiger partial charge in [-0.15, -0.1) is 0 Å². The molecule has 102 valence electrons. The van der Waals surface area contributed by atoms with Crippen LogP contribution in [-0.4, -0.2) is 37.1 Å². The standard InChI is InChI=1S/C15H19NO3/c1-3-15(17)16-9-7-12(8-10-16)19-14-6-4-5-13(11-14)18-2/h3-6,11-12H,1,7-10H2,2H3. The Morgan fingerprint density at radius 3 is 2.68 bits per heavy atom. The number of methoxy groups -OCH3 is 1. The summed E-state index contributed by atoms with van der Waals surface area (Å²) in [5.74, 6) is 1.60. The Hall–Kier alpha value is -1.97. The van der Waals surface area contributed by atoms with E-state index in [1.165, 1.54) is 6.08 Å². The molecule has 1 aliphatic heterocycles. The molecule has 0 unspecified atom stereocenters. The Kier molecular flexibility index (Phi) is 4.44. The van der Waals surface area contributed by atoms with E-state index in [2.05, 4.69) is 6.58 Å². The molecule has 0 radical (unpaired) electrons. The Morgan fingerprint density at radius 1 is 1.37 bits per heavy atom. The van der Waals surface area contributed by atoms with Gasteiger partial charge in [0.05, 0.1) is 7.11 Å². The van der Waals surface area contributed by atoms with Crippen LogP contribution in [0.15, 0.2) is 36.9 Å². The van der Waals surface area contributed by atoms with E-state index in [4.69, 9.17) is 9.47 Å². The van der Waals surface area contributed by atoms with Crippen molar-refractivity contribution in [2.75, 3.05) is 20.2 Å². The maximum Gasteiger partial charge on any atom is 0.245 e. The van der Waals surface area contributed by atoms with Crippen molar-refractivity contribution >= 4 is 5.91 Å². The summed E-state index contributed by atoms with van der Waals surface area (Å²) in [6.45, 7) is 4.95. The average molecular weight is 261 g/mol. The van der Waals surface area contributed by atoms with Crippen molar-refractivity contribution < 1.29 is 14.3 Å². The molecule has 0 atom stereocenters. The minimum atomic E-state index is -0.000157. The van der Waals surface area contributed by atoms with Gasteiger partial charge in [0.1, 0.15) is 17.6 Å². The highest BCUT2D eigenvalue weighted by Gasteiger charge is 2.22. The van der Waals surface area contributed by atoms with Gasteiger partial charge in [-0.25, -0.2) is 0 Å². The van der Waals surface area contributed by atoms with Gasteiger partial charge in [0, 0.05) is 32.0 Å². The molecule has 1 saturated heterocycles. The van der Waals surface area contributed by atoms with Crippen LogP contribution in [0.25, 0.3) is 0 Å². The lowest BCUT2D eigenvalue weighted by molar-refractivity contribution is -0.127. The second kappa shape index (κ2) is 6.27. The number of hydrogen-bond acceptors (Lipinski definition) is 3. The van der Waals surface area contributed by atoms with Gasteiger partial charge in [-0.1, -0.05) is 12.6 Å². The maximum atomic E-state index is 11.5. The third-order valence-corrected chi connectivity index (χ3v) is 3.27. The van der Waals surface area contributed by atoms with Crippen LogP contribution in [0.4, 0.5) is 0 Å². The van der Waals surface area contributed by atoms with Crippen molar-refractivity contribution in [3.63, 3.8) is 0 Å². The molecule has 0 saturated carbocycles. The Bertz CT molecular complexity index is 450. The zero-order valence-corrected chi connectivity index (χ0v) is 11.2. The topological polar surface area (TPSA) is 38.8 Å². The molecule has 4 nitrogen and oxygen atoms in total. The molecule has 1 aliphatic rings. The van der Waals surface area contributed by atoms with E-state index < -0.39 is 0 Å². The number of carbonyl (C=O) groups is 1.